The van der Waals surface area contributed by atoms with E-state index in [0.717, 1.165) is 0 Å². The first-order valence-corrected chi connectivity index (χ1v) is 5.82. The fraction of sp³-hybridized carbons (Fsp3) is 0.818. The average Bonchev–Trinajstić information content (AvgIpc) is 2.27. The van der Waals surface area contributed by atoms with Crippen molar-refractivity contribution in [2.75, 3.05) is 33.4 Å². The molecule has 0 saturated carbocycles. The van der Waals surface area contributed by atoms with Gasteiger partial charge >= 0.3 is 0 Å². The minimum atomic E-state index is -0.0941. The monoisotopic (exact) mass is 245 g/mol. The zero-order valence-corrected chi connectivity index (χ0v) is 10.8. The van der Waals surface area contributed by atoms with Crippen LogP contribution in [0.3, 0.4) is 0 Å². The van der Waals surface area contributed by atoms with Gasteiger partial charge in [-0.25, -0.2) is 0 Å². The van der Waals surface area contributed by atoms with Crippen molar-refractivity contribution in [2.45, 2.75) is 26.3 Å². The number of hydrogen-bond acceptors (Lipinski definition) is 4. The number of carbonyl (C=O) groups excluding carboxylic acids is 2. The van der Waals surface area contributed by atoms with Gasteiger partial charge in [0.1, 0.15) is 0 Å². The Labute approximate surface area is 102 Å². The van der Waals surface area contributed by atoms with Crippen LogP contribution >= 0.6 is 0 Å². The van der Waals surface area contributed by atoms with Gasteiger partial charge in [0, 0.05) is 32.7 Å². The lowest BCUT2D eigenvalue weighted by atomic mass is 10.3. The maximum atomic E-state index is 11.3. The summed E-state index contributed by atoms with van der Waals surface area (Å²) in [7, 11) is 1.58. The maximum Gasteiger partial charge on any atom is 0.233 e. The minimum Gasteiger partial charge on any atom is -0.383 e. The van der Waals surface area contributed by atoms with E-state index in [1.165, 1.54) is 0 Å². The minimum absolute atomic E-state index is 0.0841. The third-order valence-corrected chi connectivity index (χ3v) is 1.97. The Morgan fingerprint density at radius 3 is 2.35 bits per heavy atom. The van der Waals surface area contributed by atoms with E-state index < -0.39 is 0 Å². The zero-order valence-electron chi connectivity index (χ0n) is 10.8. The van der Waals surface area contributed by atoms with Gasteiger partial charge in [0.05, 0.1) is 13.2 Å². The van der Waals surface area contributed by atoms with Crippen LogP contribution in [0.2, 0.25) is 0 Å². The molecule has 0 fully saturated rings. The van der Waals surface area contributed by atoms with Gasteiger partial charge in [-0.15, -0.1) is 0 Å². The van der Waals surface area contributed by atoms with Gasteiger partial charge < -0.3 is 20.7 Å². The summed E-state index contributed by atoms with van der Waals surface area (Å²) in [5.74, 6) is -0.178. The fourth-order valence-corrected chi connectivity index (χ4v) is 1.06. The van der Waals surface area contributed by atoms with Crippen LogP contribution in [0.25, 0.3) is 0 Å². The number of amides is 2. The van der Waals surface area contributed by atoms with Crippen LogP contribution in [0, 0.1) is 0 Å². The quantitative estimate of drug-likeness (QED) is 0.467. The van der Waals surface area contributed by atoms with Gasteiger partial charge in [-0.05, 0) is 0 Å². The third-order valence-electron chi connectivity index (χ3n) is 1.97. The molecule has 0 unspecified atom stereocenters. The molecule has 0 aromatic rings. The lowest BCUT2D eigenvalue weighted by Crippen LogP contribution is -2.38. The van der Waals surface area contributed by atoms with E-state index in [1.54, 1.807) is 7.11 Å². The van der Waals surface area contributed by atoms with Gasteiger partial charge in [0.2, 0.25) is 11.8 Å². The van der Waals surface area contributed by atoms with Gasteiger partial charge in [-0.1, -0.05) is 13.8 Å². The summed E-state index contributed by atoms with van der Waals surface area (Å²) < 4.78 is 4.80. The maximum absolute atomic E-state index is 11.3. The van der Waals surface area contributed by atoms with Crippen molar-refractivity contribution >= 4 is 11.8 Å². The Morgan fingerprint density at radius 1 is 1.12 bits per heavy atom. The highest BCUT2D eigenvalue weighted by atomic mass is 16.5. The van der Waals surface area contributed by atoms with E-state index in [4.69, 9.17) is 4.74 Å². The second kappa shape index (κ2) is 10.0. The molecule has 0 aliphatic rings. The molecule has 100 valence electrons. The smallest absolute Gasteiger partial charge is 0.233 e. The van der Waals surface area contributed by atoms with Crippen LogP contribution in [0.4, 0.5) is 0 Å². The second-order valence-corrected chi connectivity index (χ2v) is 3.98. The highest BCUT2D eigenvalue weighted by Gasteiger charge is 2.04. The van der Waals surface area contributed by atoms with Crippen LogP contribution in [-0.2, 0) is 14.3 Å². The second-order valence-electron chi connectivity index (χ2n) is 3.98. The molecule has 0 aromatic carbocycles. The van der Waals surface area contributed by atoms with Gasteiger partial charge in [0.15, 0.2) is 0 Å². The SMILES string of the molecule is COCCNC(=O)CCNC(=O)CNC(C)C. The van der Waals surface area contributed by atoms with Crippen LogP contribution in [0.5, 0.6) is 0 Å². The van der Waals surface area contributed by atoms with E-state index in [0.29, 0.717) is 19.7 Å². The number of hydrogen-bond donors (Lipinski definition) is 3. The molecule has 0 saturated heterocycles. The van der Waals surface area contributed by atoms with E-state index in [2.05, 4.69) is 16.0 Å². The molecule has 0 atom stereocenters. The first-order valence-electron chi connectivity index (χ1n) is 5.82. The van der Waals surface area contributed by atoms with E-state index in [-0.39, 0.29) is 30.8 Å². The summed E-state index contributed by atoms with van der Waals surface area (Å²) in [5.41, 5.74) is 0. The largest absolute Gasteiger partial charge is 0.383 e. The number of methoxy groups -OCH3 is 1. The number of rotatable bonds is 9. The molecule has 0 radical (unpaired) electrons. The van der Waals surface area contributed by atoms with Crippen LogP contribution in [0.1, 0.15) is 20.3 Å². The summed E-state index contributed by atoms with van der Waals surface area (Å²) in [6, 6.07) is 0.276. The molecule has 17 heavy (non-hydrogen) atoms. The topological polar surface area (TPSA) is 79.5 Å². The summed E-state index contributed by atoms with van der Waals surface area (Å²) in [6.07, 6.45) is 0.289. The summed E-state index contributed by atoms with van der Waals surface area (Å²) in [6.45, 7) is 5.57. The first-order chi connectivity index (χ1) is 8.06. The summed E-state index contributed by atoms with van der Waals surface area (Å²) in [5, 5.41) is 8.34. The zero-order chi connectivity index (χ0) is 13.1. The first kappa shape index (κ1) is 15.9. The van der Waals surface area contributed by atoms with Crippen molar-refractivity contribution in [3.8, 4) is 0 Å². The number of ether oxygens (including phenoxy) is 1. The molecule has 0 spiro atoms. The van der Waals surface area contributed by atoms with Crippen molar-refractivity contribution in [1.82, 2.24) is 16.0 Å². The fourth-order valence-electron chi connectivity index (χ4n) is 1.06. The van der Waals surface area contributed by atoms with Crippen molar-refractivity contribution in [3.63, 3.8) is 0 Å². The Kier molecular flexibility index (Phi) is 9.37. The van der Waals surface area contributed by atoms with E-state index in [9.17, 15) is 9.59 Å². The molecule has 0 bridgehead atoms. The highest BCUT2D eigenvalue weighted by molar-refractivity contribution is 5.80. The summed E-state index contributed by atoms with van der Waals surface area (Å²) in [4.78, 5) is 22.5. The molecule has 0 heterocycles. The van der Waals surface area contributed by atoms with Gasteiger partial charge in [-0.3, -0.25) is 9.59 Å². The highest BCUT2D eigenvalue weighted by Crippen LogP contribution is 1.79. The average molecular weight is 245 g/mol. The molecule has 0 aromatic heterocycles. The van der Waals surface area contributed by atoms with Gasteiger partial charge in [-0.2, -0.15) is 0 Å². The van der Waals surface area contributed by atoms with Crippen molar-refractivity contribution in [3.05, 3.63) is 0 Å². The van der Waals surface area contributed by atoms with Crippen LogP contribution in [-0.4, -0.2) is 51.2 Å². The molecule has 6 nitrogen and oxygen atoms in total. The molecule has 6 heteroatoms. The molecule has 0 aliphatic heterocycles. The van der Waals surface area contributed by atoms with Crippen molar-refractivity contribution in [2.24, 2.45) is 0 Å². The predicted molar refractivity (Wildman–Crippen MR) is 65.7 cm³/mol. The Bertz CT molecular complexity index is 232. The van der Waals surface area contributed by atoms with E-state index in [1.807, 2.05) is 13.8 Å². The molecule has 2 amide bonds. The normalized spacial score (nSPS) is 10.4. The Balaban J connectivity index is 3.42. The summed E-state index contributed by atoms with van der Waals surface area (Å²) >= 11 is 0. The number of nitrogens with one attached hydrogen (secondary N) is 3. The molecule has 3 N–H and O–H groups in total. The van der Waals surface area contributed by atoms with Gasteiger partial charge in [0.25, 0.3) is 0 Å². The van der Waals surface area contributed by atoms with E-state index >= 15 is 0 Å². The van der Waals surface area contributed by atoms with Crippen LogP contribution in [0.15, 0.2) is 0 Å². The van der Waals surface area contributed by atoms with Crippen molar-refractivity contribution in [1.29, 1.82) is 0 Å². The Morgan fingerprint density at radius 2 is 1.76 bits per heavy atom. The molecule has 0 rings (SSSR count). The molecule has 0 aliphatic carbocycles. The standard InChI is InChI=1S/C11H23N3O3/c1-9(2)14-8-11(16)12-5-4-10(15)13-6-7-17-3/h9,14H,4-8H2,1-3H3,(H,12,16)(H,13,15). The lowest BCUT2D eigenvalue weighted by molar-refractivity contribution is -0.122. The molecular formula is C11H23N3O3. The van der Waals surface area contributed by atoms with Crippen LogP contribution < -0.4 is 16.0 Å². The Hall–Kier alpha value is -1.14. The van der Waals surface area contributed by atoms with Crippen molar-refractivity contribution < 1.29 is 14.3 Å². The number of carbonyl (C=O) groups is 2. The predicted octanol–water partition coefficient (Wildman–Crippen LogP) is -0.747. The lowest BCUT2D eigenvalue weighted by Gasteiger charge is -2.09. The third kappa shape index (κ3) is 11.1. The molecular weight excluding hydrogens is 222 g/mol.